The first-order chi connectivity index (χ1) is 15.2. The summed E-state index contributed by atoms with van der Waals surface area (Å²) in [5.74, 6) is 3.47. The van der Waals surface area contributed by atoms with Crippen LogP contribution in [0.1, 0.15) is 6.92 Å². The number of benzene rings is 1. The van der Waals surface area contributed by atoms with E-state index in [-0.39, 0.29) is 29.1 Å². The Morgan fingerprint density at radius 3 is 2.62 bits per heavy atom. The Morgan fingerprint density at radius 1 is 1.16 bits per heavy atom. The van der Waals surface area contributed by atoms with Crippen molar-refractivity contribution in [3.63, 3.8) is 0 Å². The summed E-state index contributed by atoms with van der Waals surface area (Å²) in [5.41, 5.74) is 0. The molecular formula is C23H32BrN5O3. The molecule has 0 amide bonds. The number of ether oxygens (including phenoxy) is 3. The highest BCUT2D eigenvalue weighted by Crippen LogP contribution is 2.30. The van der Waals surface area contributed by atoms with Gasteiger partial charge in [0.25, 0.3) is 0 Å². The molecule has 0 bridgehead atoms. The van der Waals surface area contributed by atoms with Crippen LogP contribution in [0, 0.1) is 0 Å². The van der Waals surface area contributed by atoms with Gasteiger partial charge in [-0.2, -0.15) is 0 Å². The van der Waals surface area contributed by atoms with E-state index in [4.69, 9.17) is 19.2 Å². The molecule has 2 aromatic rings. The predicted molar refractivity (Wildman–Crippen MR) is 131 cm³/mol. The third-order valence-corrected chi connectivity index (χ3v) is 5.36. The third kappa shape index (κ3) is 6.26. The molecule has 0 radical (unpaired) electrons. The lowest BCUT2D eigenvalue weighted by Crippen LogP contribution is -2.55. The smallest absolute Gasteiger partial charge is 0.194 e. The minimum Gasteiger partial charge on any atom is -0.486 e. The van der Waals surface area contributed by atoms with E-state index in [0.29, 0.717) is 19.8 Å². The van der Waals surface area contributed by atoms with Crippen molar-refractivity contribution in [3.05, 3.63) is 48.7 Å². The molecule has 1 aromatic heterocycles. The van der Waals surface area contributed by atoms with Crippen LogP contribution in [0.4, 0.5) is 5.82 Å². The van der Waals surface area contributed by atoms with Crippen LogP contribution in [0.5, 0.6) is 11.5 Å². The molecule has 9 heteroatoms. The maximum Gasteiger partial charge on any atom is 0.194 e. The van der Waals surface area contributed by atoms with Gasteiger partial charge in [-0.3, -0.25) is 0 Å². The Kier molecular flexibility index (Phi) is 8.99. The molecule has 3 heterocycles. The van der Waals surface area contributed by atoms with Gasteiger partial charge in [-0.25, -0.2) is 9.98 Å². The van der Waals surface area contributed by atoms with Crippen LogP contribution in [0.2, 0.25) is 0 Å². The van der Waals surface area contributed by atoms with Crippen molar-refractivity contribution in [3.8, 4) is 11.5 Å². The Bertz CT molecular complexity index is 862. The van der Waals surface area contributed by atoms with Gasteiger partial charge in [0.05, 0.1) is 13.2 Å². The first-order valence-electron chi connectivity index (χ1n) is 10.8. The Labute approximate surface area is 200 Å². The predicted octanol–water partition coefficient (Wildman–Crippen LogP) is 2.60. The highest BCUT2D eigenvalue weighted by Gasteiger charge is 2.24. The number of methoxy groups -OCH3 is 1. The second kappa shape index (κ2) is 11.9. The number of pyridine rings is 1. The number of hydrogen-bond donors (Lipinski definition) is 1. The molecule has 4 rings (SSSR count). The fraction of sp³-hybridized carbons (Fsp3) is 0.478. The number of nitrogens with zero attached hydrogens (tertiary/aromatic N) is 4. The molecule has 1 saturated heterocycles. The average Bonchev–Trinajstić information content (AvgIpc) is 2.82. The summed E-state index contributed by atoms with van der Waals surface area (Å²) in [6, 6.07) is 13.9. The van der Waals surface area contributed by atoms with Gasteiger partial charge in [0, 0.05) is 45.5 Å². The Balaban J connectivity index is 0.00000289. The number of rotatable bonds is 6. The van der Waals surface area contributed by atoms with Crippen molar-refractivity contribution in [1.82, 2.24) is 15.2 Å². The zero-order valence-corrected chi connectivity index (χ0v) is 20.4. The van der Waals surface area contributed by atoms with Gasteiger partial charge in [0.15, 0.2) is 23.6 Å². The quantitative estimate of drug-likeness (QED) is 0.477. The first kappa shape index (κ1) is 24.1. The maximum atomic E-state index is 6.08. The van der Waals surface area contributed by atoms with Gasteiger partial charge in [-0.1, -0.05) is 18.2 Å². The summed E-state index contributed by atoms with van der Waals surface area (Å²) in [6.07, 6.45) is 1.73. The molecule has 174 valence electrons. The molecule has 0 spiro atoms. The number of nitrogens with one attached hydrogen (secondary N) is 1. The molecule has 2 atom stereocenters. The summed E-state index contributed by atoms with van der Waals surface area (Å²) in [5, 5.41) is 3.52. The van der Waals surface area contributed by atoms with Crippen LogP contribution in [-0.4, -0.2) is 81.0 Å². The van der Waals surface area contributed by atoms with E-state index in [0.717, 1.165) is 49.5 Å². The van der Waals surface area contributed by atoms with Gasteiger partial charge >= 0.3 is 0 Å². The molecule has 2 aliphatic rings. The van der Waals surface area contributed by atoms with E-state index in [1.54, 1.807) is 7.11 Å². The number of fused-ring (bicyclic) bond motifs is 1. The maximum absolute atomic E-state index is 6.08. The lowest BCUT2D eigenvalue weighted by molar-refractivity contribution is 0.0968. The topological polar surface area (TPSA) is 71.5 Å². The van der Waals surface area contributed by atoms with Gasteiger partial charge in [0.2, 0.25) is 0 Å². The second-order valence-corrected chi connectivity index (χ2v) is 7.82. The summed E-state index contributed by atoms with van der Waals surface area (Å²) in [4.78, 5) is 14.0. The average molecular weight is 506 g/mol. The number of hydrogen-bond acceptors (Lipinski definition) is 6. The Hall–Kier alpha value is -2.52. The number of aliphatic imine (C=N–C) groups is 1. The van der Waals surface area contributed by atoms with E-state index in [1.807, 2.05) is 42.6 Å². The van der Waals surface area contributed by atoms with Crippen LogP contribution < -0.4 is 19.7 Å². The van der Waals surface area contributed by atoms with E-state index in [2.05, 4.69) is 33.1 Å². The highest BCUT2D eigenvalue weighted by molar-refractivity contribution is 8.93. The second-order valence-electron chi connectivity index (χ2n) is 7.82. The lowest BCUT2D eigenvalue weighted by atomic mass is 10.2. The number of piperazine rings is 1. The molecule has 2 unspecified atom stereocenters. The van der Waals surface area contributed by atoms with Crippen molar-refractivity contribution in [2.75, 3.05) is 57.9 Å². The fourth-order valence-corrected chi connectivity index (χ4v) is 3.78. The van der Waals surface area contributed by atoms with E-state index < -0.39 is 0 Å². The number of para-hydroxylation sites is 2. The largest absolute Gasteiger partial charge is 0.486 e. The summed E-state index contributed by atoms with van der Waals surface area (Å²) in [7, 11) is 1.71. The lowest BCUT2D eigenvalue weighted by Gasteiger charge is -2.38. The molecule has 1 N–H and O–H groups in total. The molecule has 1 aromatic carbocycles. The van der Waals surface area contributed by atoms with Gasteiger partial charge in [0.1, 0.15) is 12.4 Å². The van der Waals surface area contributed by atoms with Crippen LogP contribution in [0.3, 0.4) is 0 Å². The molecular weight excluding hydrogens is 474 g/mol. The molecule has 2 aliphatic heterocycles. The van der Waals surface area contributed by atoms with Crippen molar-refractivity contribution in [2.24, 2.45) is 4.99 Å². The number of halogens is 1. The third-order valence-electron chi connectivity index (χ3n) is 5.36. The van der Waals surface area contributed by atoms with E-state index >= 15 is 0 Å². The zero-order valence-electron chi connectivity index (χ0n) is 18.6. The summed E-state index contributed by atoms with van der Waals surface area (Å²) < 4.78 is 17.2. The fourth-order valence-electron chi connectivity index (χ4n) is 3.78. The molecule has 8 nitrogen and oxygen atoms in total. The Morgan fingerprint density at radius 2 is 1.91 bits per heavy atom. The molecule has 0 saturated carbocycles. The van der Waals surface area contributed by atoms with Crippen LogP contribution in [-0.2, 0) is 4.74 Å². The van der Waals surface area contributed by atoms with Crippen LogP contribution >= 0.6 is 17.0 Å². The van der Waals surface area contributed by atoms with Gasteiger partial charge in [-0.05, 0) is 31.2 Å². The normalized spacial score (nSPS) is 19.2. The number of guanidine groups is 1. The van der Waals surface area contributed by atoms with Gasteiger partial charge in [-0.15, -0.1) is 17.0 Å². The number of anilines is 1. The van der Waals surface area contributed by atoms with E-state index in [9.17, 15) is 0 Å². The minimum absolute atomic E-state index is 0. The first-order valence-corrected chi connectivity index (χ1v) is 10.8. The van der Waals surface area contributed by atoms with Crippen molar-refractivity contribution < 1.29 is 14.2 Å². The van der Waals surface area contributed by atoms with Crippen LogP contribution in [0.15, 0.2) is 53.7 Å². The standard InChI is InChI=1S/C23H31N5O3.BrH/c1-18(16-29-2)26-23(25-15-19-17-30-20-7-3-4-8-21(20)31-19)28-13-11-27(12-14-28)22-9-5-6-10-24-22;/h3-10,18-19H,11-17H2,1-2H3,(H,25,26);1H. The molecule has 0 aliphatic carbocycles. The zero-order chi connectivity index (χ0) is 21.5. The summed E-state index contributed by atoms with van der Waals surface area (Å²) in [6.45, 7) is 7.26. The highest BCUT2D eigenvalue weighted by atomic mass is 79.9. The van der Waals surface area contributed by atoms with Crippen molar-refractivity contribution in [2.45, 2.75) is 19.1 Å². The number of aromatic nitrogens is 1. The minimum atomic E-state index is -0.112. The van der Waals surface area contributed by atoms with Gasteiger partial charge < -0.3 is 29.3 Å². The van der Waals surface area contributed by atoms with Crippen LogP contribution in [0.25, 0.3) is 0 Å². The SMILES string of the molecule is Br.COCC(C)NC(=NCC1COc2ccccc2O1)N1CCN(c2ccccn2)CC1. The van der Waals surface area contributed by atoms with Crippen molar-refractivity contribution in [1.29, 1.82) is 0 Å². The molecule has 32 heavy (non-hydrogen) atoms. The monoisotopic (exact) mass is 505 g/mol. The van der Waals surface area contributed by atoms with Crippen molar-refractivity contribution >= 4 is 28.8 Å². The van der Waals surface area contributed by atoms with E-state index in [1.165, 1.54) is 0 Å². The molecule has 1 fully saturated rings. The summed E-state index contributed by atoms with van der Waals surface area (Å²) >= 11 is 0.